The first-order valence-electron chi connectivity index (χ1n) is 11.3. The van der Waals surface area contributed by atoms with Gasteiger partial charge in [0.2, 0.25) is 0 Å². The van der Waals surface area contributed by atoms with Crippen LogP contribution in [-0.4, -0.2) is 66.5 Å². The van der Waals surface area contributed by atoms with Gasteiger partial charge in [-0.2, -0.15) is 0 Å². The molecule has 2 aromatic carbocycles. The molecular weight excluding hydrogens is 408 g/mol. The first-order chi connectivity index (χ1) is 15.5. The van der Waals surface area contributed by atoms with Crippen molar-refractivity contribution in [3.05, 3.63) is 63.7 Å². The Hall–Kier alpha value is -3.13. The van der Waals surface area contributed by atoms with Gasteiger partial charge in [0.25, 0.3) is 11.6 Å². The van der Waals surface area contributed by atoms with Crippen molar-refractivity contribution in [2.45, 2.75) is 26.3 Å². The van der Waals surface area contributed by atoms with Crippen LogP contribution in [0.15, 0.2) is 42.5 Å². The first-order valence-corrected chi connectivity index (χ1v) is 11.3. The average Bonchev–Trinajstić information content (AvgIpc) is 3.35. The van der Waals surface area contributed by atoms with Gasteiger partial charge in [-0.15, -0.1) is 0 Å². The molecule has 2 heterocycles. The fourth-order valence-electron chi connectivity index (χ4n) is 4.44. The molecule has 0 aliphatic carbocycles. The van der Waals surface area contributed by atoms with Crippen molar-refractivity contribution in [1.29, 1.82) is 0 Å². The lowest BCUT2D eigenvalue weighted by molar-refractivity contribution is -0.384. The molecule has 0 spiro atoms. The van der Waals surface area contributed by atoms with Crippen LogP contribution >= 0.6 is 0 Å². The van der Waals surface area contributed by atoms with E-state index in [-0.39, 0.29) is 16.5 Å². The van der Waals surface area contributed by atoms with Gasteiger partial charge in [0, 0.05) is 57.4 Å². The quantitative estimate of drug-likeness (QED) is 0.486. The van der Waals surface area contributed by atoms with E-state index in [0.29, 0.717) is 30.9 Å². The number of rotatable bonds is 7. The number of piperazine rings is 1. The van der Waals surface area contributed by atoms with Gasteiger partial charge in [-0.05, 0) is 49.6 Å². The largest absolute Gasteiger partial charge is 0.494 e. The van der Waals surface area contributed by atoms with Gasteiger partial charge in [0.1, 0.15) is 11.4 Å². The van der Waals surface area contributed by atoms with Crippen molar-refractivity contribution >= 4 is 17.3 Å². The Morgan fingerprint density at radius 2 is 1.69 bits per heavy atom. The van der Waals surface area contributed by atoms with Gasteiger partial charge in [-0.3, -0.25) is 19.8 Å². The molecular formula is C24H30N4O4. The number of amides is 1. The van der Waals surface area contributed by atoms with Crippen LogP contribution in [0.2, 0.25) is 0 Å². The van der Waals surface area contributed by atoms with Gasteiger partial charge in [0.15, 0.2) is 0 Å². The van der Waals surface area contributed by atoms with Gasteiger partial charge in [-0.1, -0.05) is 12.1 Å². The van der Waals surface area contributed by atoms with Crippen LogP contribution in [0.1, 0.15) is 35.7 Å². The number of benzene rings is 2. The number of ether oxygens (including phenoxy) is 1. The molecule has 1 amide bonds. The summed E-state index contributed by atoms with van der Waals surface area (Å²) in [5.41, 5.74) is 2.23. The van der Waals surface area contributed by atoms with Crippen molar-refractivity contribution in [1.82, 2.24) is 9.80 Å². The molecule has 170 valence electrons. The number of anilines is 1. The van der Waals surface area contributed by atoms with E-state index < -0.39 is 0 Å². The average molecular weight is 439 g/mol. The van der Waals surface area contributed by atoms with Gasteiger partial charge in [-0.25, -0.2) is 0 Å². The molecule has 2 aromatic rings. The second kappa shape index (κ2) is 9.99. The number of nitro benzene ring substituents is 1. The molecule has 2 aliphatic heterocycles. The molecule has 0 N–H and O–H groups in total. The van der Waals surface area contributed by atoms with E-state index in [0.717, 1.165) is 51.3 Å². The Kier molecular flexibility index (Phi) is 6.90. The minimum atomic E-state index is -0.376. The lowest BCUT2D eigenvalue weighted by Crippen LogP contribution is -2.48. The van der Waals surface area contributed by atoms with Crippen molar-refractivity contribution in [3.63, 3.8) is 0 Å². The van der Waals surface area contributed by atoms with E-state index >= 15 is 0 Å². The molecule has 0 aromatic heterocycles. The molecule has 0 atom stereocenters. The summed E-state index contributed by atoms with van der Waals surface area (Å²) >= 11 is 0. The predicted octanol–water partition coefficient (Wildman–Crippen LogP) is 3.55. The lowest BCUT2D eigenvalue weighted by atomic mass is 10.1. The van der Waals surface area contributed by atoms with Gasteiger partial charge < -0.3 is 14.5 Å². The van der Waals surface area contributed by atoms with E-state index in [9.17, 15) is 14.9 Å². The third-order valence-electron chi connectivity index (χ3n) is 6.17. The number of carbonyl (C=O) groups excluding carboxylic acids is 1. The lowest BCUT2D eigenvalue weighted by Gasteiger charge is -2.34. The molecule has 32 heavy (non-hydrogen) atoms. The van der Waals surface area contributed by atoms with Crippen molar-refractivity contribution in [3.8, 4) is 5.75 Å². The highest BCUT2D eigenvalue weighted by molar-refractivity contribution is 5.96. The standard InChI is InChI=1S/C24H30N4O4/c1-2-32-21-8-5-19(6-9-21)18-25-13-15-27(16-14-25)24(29)20-7-10-22(23(17-20)28(30)31)26-11-3-4-12-26/h5-10,17H,2-4,11-16,18H2,1H3. The van der Waals surface area contributed by atoms with Crippen LogP contribution in [0.5, 0.6) is 5.75 Å². The van der Waals surface area contributed by atoms with Crippen LogP contribution in [0, 0.1) is 10.1 Å². The summed E-state index contributed by atoms with van der Waals surface area (Å²) in [6, 6.07) is 13.0. The summed E-state index contributed by atoms with van der Waals surface area (Å²) < 4.78 is 5.49. The Morgan fingerprint density at radius 3 is 2.31 bits per heavy atom. The van der Waals surface area contributed by atoms with Crippen molar-refractivity contribution < 1.29 is 14.5 Å². The second-order valence-corrected chi connectivity index (χ2v) is 8.30. The monoisotopic (exact) mass is 438 g/mol. The highest BCUT2D eigenvalue weighted by Gasteiger charge is 2.27. The number of hydrogen-bond donors (Lipinski definition) is 0. The van der Waals surface area contributed by atoms with E-state index in [1.807, 2.05) is 24.0 Å². The van der Waals surface area contributed by atoms with Gasteiger partial charge >= 0.3 is 0 Å². The van der Waals surface area contributed by atoms with Crippen LogP contribution in [0.3, 0.4) is 0 Å². The molecule has 2 fully saturated rings. The first kappa shape index (κ1) is 22.1. The number of carbonyl (C=O) groups is 1. The van der Waals surface area contributed by atoms with Crippen LogP contribution < -0.4 is 9.64 Å². The van der Waals surface area contributed by atoms with Gasteiger partial charge in [0.05, 0.1) is 11.5 Å². The van der Waals surface area contributed by atoms with Crippen molar-refractivity contribution in [2.24, 2.45) is 0 Å². The Bertz CT molecular complexity index is 949. The van der Waals surface area contributed by atoms with E-state index in [4.69, 9.17) is 4.74 Å². The zero-order valence-electron chi connectivity index (χ0n) is 18.5. The summed E-state index contributed by atoms with van der Waals surface area (Å²) in [7, 11) is 0. The maximum Gasteiger partial charge on any atom is 0.293 e. The summed E-state index contributed by atoms with van der Waals surface area (Å²) in [6.07, 6.45) is 2.08. The number of nitro groups is 1. The normalized spacial score (nSPS) is 16.9. The SMILES string of the molecule is CCOc1ccc(CN2CCN(C(=O)c3ccc(N4CCCC4)c([N+](=O)[O-])c3)CC2)cc1. The third-order valence-corrected chi connectivity index (χ3v) is 6.17. The molecule has 0 saturated carbocycles. The predicted molar refractivity (Wildman–Crippen MR) is 123 cm³/mol. The number of hydrogen-bond acceptors (Lipinski definition) is 6. The van der Waals surface area contributed by atoms with Crippen LogP contribution in [0.25, 0.3) is 0 Å². The molecule has 2 saturated heterocycles. The van der Waals surface area contributed by atoms with Crippen molar-refractivity contribution in [2.75, 3.05) is 50.8 Å². The topological polar surface area (TPSA) is 79.2 Å². The minimum Gasteiger partial charge on any atom is -0.494 e. The molecule has 8 nitrogen and oxygen atoms in total. The summed E-state index contributed by atoms with van der Waals surface area (Å²) in [6.45, 7) is 7.85. The van der Waals surface area contributed by atoms with Crippen LogP contribution in [0.4, 0.5) is 11.4 Å². The highest BCUT2D eigenvalue weighted by Crippen LogP contribution is 2.32. The third kappa shape index (κ3) is 5.02. The molecule has 0 bridgehead atoms. The molecule has 8 heteroatoms. The maximum absolute atomic E-state index is 13.0. The summed E-state index contributed by atoms with van der Waals surface area (Å²) in [4.78, 5) is 30.4. The smallest absolute Gasteiger partial charge is 0.293 e. The summed E-state index contributed by atoms with van der Waals surface area (Å²) in [5, 5.41) is 11.6. The van der Waals surface area contributed by atoms with E-state index in [1.54, 1.807) is 17.0 Å². The van der Waals surface area contributed by atoms with E-state index in [2.05, 4.69) is 17.0 Å². The zero-order chi connectivity index (χ0) is 22.5. The Morgan fingerprint density at radius 1 is 1.00 bits per heavy atom. The Labute approximate surface area is 188 Å². The molecule has 0 radical (unpaired) electrons. The summed E-state index contributed by atoms with van der Waals surface area (Å²) in [5.74, 6) is 0.735. The molecule has 2 aliphatic rings. The van der Waals surface area contributed by atoms with Crippen LogP contribution in [-0.2, 0) is 6.54 Å². The minimum absolute atomic E-state index is 0.0203. The van der Waals surface area contributed by atoms with E-state index in [1.165, 1.54) is 11.6 Å². The number of nitrogens with zero attached hydrogens (tertiary/aromatic N) is 4. The second-order valence-electron chi connectivity index (χ2n) is 8.30. The Balaban J connectivity index is 1.36. The maximum atomic E-state index is 13.0. The zero-order valence-corrected chi connectivity index (χ0v) is 18.5. The molecule has 4 rings (SSSR count). The molecule has 0 unspecified atom stereocenters. The fourth-order valence-corrected chi connectivity index (χ4v) is 4.44. The highest BCUT2D eigenvalue weighted by atomic mass is 16.6. The fraction of sp³-hybridized carbons (Fsp3) is 0.458.